The van der Waals surface area contributed by atoms with Crippen LogP contribution in [0.3, 0.4) is 0 Å². The molecule has 84 valence electrons. The Morgan fingerprint density at radius 2 is 1.73 bits per heavy atom. The first-order valence-corrected chi connectivity index (χ1v) is 7.44. The normalized spacial score (nSPS) is 29.8. The molecule has 1 fully saturated rings. The Morgan fingerprint density at radius 1 is 1.00 bits per heavy atom. The maximum absolute atomic E-state index is 4.80. The monoisotopic (exact) mass is 241 g/mol. The molecule has 0 unspecified atom stereocenters. The van der Waals surface area contributed by atoms with Gasteiger partial charge in [0.15, 0.2) is 0 Å². The van der Waals surface area contributed by atoms with E-state index < -0.39 is 0 Å². The number of nitrogens with zero attached hydrogens (tertiary/aromatic N) is 1. The molecule has 0 bridgehead atoms. The molecular formula is C12H19NS2. The van der Waals surface area contributed by atoms with Gasteiger partial charge in [-0.25, -0.2) is 0 Å². The highest BCUT2D eigenvalue weighted by molar-refractivity contribution is 8.05. The first-order chi connectivity index (χ1) is 7.32. The van der Waals surface area contributed by atoms with E-state index in [9.17, 15) is 0 Å². The largest absolute Gasteiger partial charge is 0.306 e. The second kappa shape index (κ2) is 3.92. The number of hydrogen-bond acceptors (Lipinski definition) is 3. The molecule has 0 N–H and O–H groups in total. The lowest BCUT2D eigenvalue weighted by Gasteiger charge is -2.39. The zero-order chi connectivity index (χ0) is 10.3. The minimum Gasteiger partial charge on any atom is -0.306 e. The molecule has 3 aliphatic rings. The zero-order valence-corrected chi connectivity index (χ0v) is 10.9. The molecule has 1 aliphatic heterocycles. The second-order valence-corrected chi connectivity index (χ2v) is 6.85. The van der Waals surface area contributed by atoms with Crippen molar-refractivity contribution in [2.45, 2.75) is 62.7 Å². The Labute approximate surface area is 102 Å². The molecule has 1 heterocycles. The summed E-state index contributed by atoms with van der Waals surface area (Å²) in [4.78, 5) is 2.02. The van der Waals surface area contributed by atoms with Crippen LogP contribution in [0, 0.1) is 0 Å². The third kappa shape index (κ3) is 1.62. The van der Waals surface area contributed by atoms with Crippen molar-refractivity contribution < 1.29 is 0 Å². The number of thioether (sulfide) groups is 1. The van der Waals surface area contributed by atoms with Crippen molar-refractivity contribution in [3.63, 3.8) is 0 Å². The predicted octanol–water partition coefficient (Wildman–Crippen LogP) is 4.33. The van der Waals surface area contributed by atoms with Crippen molar-refractivity contribution >= 4 is 24.6 Å². The van der Waals surface area contributed by atoms with Crippen molar-refractivity contribution in [3.8, 4) is 0 Å². The summed E-state index contributed by atoms with van der Waals surface area (Å²) in [6, 6.07) is 0. The van der Waals surface area contributed by atoms with E-state index in [1.807, 2.05) is 0 Å². The van der Waals surface area contributed by atoms with Gasteiger partial charge in [0.1, 0.15) is 4.87 Å². The maximum Gasteiger partial charge on any atom is 0.100 e. The van der Waals surface area contributed by atoms with Crippen LogP contribution in [0.1, 0.15) is 57.8 Å². The van der Waals surface area contributed by atoms with Crippen LogP contribution < -0.4 is 0 Å². The Bertz CT molecular complexity index is 292. The van der Waals surface area contributed by atoms with Crippen molar-refractivity contribution in [3.05, 3.63) is 10.6 Å². The number of hydrogen-bond donors (Lipinski definition) is 1. The molecule has 3 rings (SSSR count). The van der Waals surface area contributed by atoms with Crippen LogP contribution in [0.5, 0.6) is 0 Å². The Kier molecular flexibility index (Phi) is 2.72. The summed E-state index contributed by atoms with van der Waals surface area (Å²) < 4.78 is 2.35. The Morgan fingerprint density at radius 3 is 2.47 bits per heavy atom. The standard InChI is InChI=1S/C12H19NS2/c14-13-10-6-2-3-7-11(10)15-12(13)8-4-1-5-9-12/h14H,1-9H2. The van der Waals surface area contributed by atoms with Gasteiger partial charge in [0.05, 0.1) is 0 Å². The van der Waals surface area contributed by atoms with Gasteiger partial charge in [-0.2, -0.15) is 0 Å². The van der Waals surface area contributed by atoms with E-state index in [0.717, 1.165) is 0 Å². The van der Waals surface area contributed by atoms with E-state index in [1.165, 1.54) is 57.8 Å². The summed E-state index contributed by atoms with van der Waals surface area (Å²) in [6.45, 7) is 0. The molecule has 1 nitrogen and oxygen atoms in total. The lowest BCUT2D eigenvalue weighted by atomic mass is 9.93. The van der Waals surface area contributed by atoms with Gasteiger partial charge in [-0.15, -0.1) is 0 Å². The molecule has 2 aliphatic carbocycles. The molecule has 0 aromatic heterocycles. The lowest BCUT2D eigenvalue weighted by molar-refractivity contribution is 0.276. The fourth-order valence-electron chi connectivity index (χ4n) is 3.13. The fourth-order valence-corrected chi connectivity index (χ4v) is 5.45. The summed E-state index contributed by atoms with van der Waals surface area (Å²) in [5.41, 5.74) is 1.57. The van der Waals surface area contributed by atoms with E-state index >= 15 is 0 Å². The SMILES string of the molecule is SN1C2=C(CCCC2)SC12CCCCC2. The molecule has 0 atom stereocenters. The second-order valence-electron chi connectivity index (χ2n) is 5.00. The molecule has 0 aromatic carbocycles. The Balaban J connectivity index is 1.85. The van der Waals surface area contributed by atoms with E-state index in [2.05, 4.69) is 16.1 Å². The van der Waals surface area contributed by atoms with Gasteiger partial charge >= 0.3 is 0 Å². The highest BCUT2D eigenvalue weighted by Gasteiger charge is 2.45. The van der Waals surface area contributed by atoms with E-state index in [0.29, 0.717) is 4.87 Å². The lowest BCUT2D eigenvalue weighted by Crippen LogP contribution is -2.37. The van der Waals surface area contributed by atoms with Crippen molar-refractivity contribution in [1.82, 2.24) is 4.31 Å². The van der Waals surface area contributed by atoms with Gasteiger partial charge in [-0.3, -0.25) is 0 Å². The van der Waals surface area contributed by atoms with Gasteiger partial charge < -0.3 is 4.31 Å². The molecular weight excluding hydrogens is 222 g/mol. The van der Waals surface area contributed by atoms with Crippen LogP contribution in [0.25, 0.3) is 0 Å². The predicted molar refractivity (Wildman–Crippen MR) is 69.7 cm³/mol. The van der Waals surface area contributed by atoms with Crippen LogP contribution in [0.4, 0.5) is 0 Å². The van der Waals surface area contributed by atoms with Gasteiger partial charge in [0.2, 0.25) is 0 Å². The Hall–Kier alpha value is 0.240. The summed E-state index contributed by atoms with van der Waals surface area (Å²) in [6.07, 6.45) is 12.2. The van der Waals surface area contributed by atoms with E-state index in [1.54, 1.807) is 10.6 Å². The number of thiol groups is 1. The van der Waals surface area contributed by atoms with Gasteiger partial charge in [-0.05, 0) is 38.5 Å². The van der Waals surface area contributed by atoms with Crippen molar-refractivity contribution in [1.29, 1.82) is 0 Å². The van der Waals surface area contributed by atoms with E-state index in [-0.39, 0.29) is 0 Å². The number of rotatable bonds is 0. The third-order valence-electron chi connectivity index (χ3n) is 3.98. The zero-order valence-electron chi connectivity index (χ0n) is 9.17. The quantitative estimate of drug-likeness (QED) is 0.629. The highest BCUT2D eigenvalue weighted by Crippen LogP contribution is 2.57. The third-order valence-corrected chi connectivity index (χ3v) is 6.40. The molecule has 0 saturated heterocycles. The first-order valence-electron chi connectivity index (χ1n) is 6.22. The minimum atomic E-state index is 0.358. The van der Waals surface area contributed by atoms with Crippen LogP contribution >= 0.6 is 24.6 Å². The van der Waals surface area contributed by atoms with Gasteiger partial charge in [0, 0.05) is 10.6 Å². The summed E-state index contributed by atoms with van der Waals surface area (Å²) in [5, 5.41) is 0. The smallest absolute Gasteiger partial charge is 0.100 e. The summed E-state index contributed by atoms with van der Waals surface area (Å²) in [5.74, 6) is 0. The van der Waals surface area contributed by atoms with Crippen LogP contribution in [0.15, 0.2) is 10.6 Å². The highest BCUT2D eigenvalue weighted by atomic mass is 32.2. The molecule has 0 radical (unpaired) electrons. The van der Waals surface area contributed by atoms with Crippen LogP contribution in [-0.4, -0.2) is 9.18 Å². The van der Waals surface area contributed by atoms with Gasteiger partial charge in [-0.1, -0.05) is 43.8 Å². The van der Waals surface area contributed by atoms with Gasteiger partial charge in [0.25, 0.3) is 0 Å². The molecule has 0 aromatic rings. The molecule has 0 amide bonds. The average molecular weight is 241 g/mol. The maximum atomic E-state index is 4.80. The summed E-state index contributed by atoms with van der Waals surface area (Å²) >= 11 is 6.95. The molecule has 1 saturated carbocycles. The summed E-state index contributed by atoms with van der Waals surface area (Å²) in [7, 11) is 0. The van der Waals surface area contributed by atoms with Crippen molar-refractivity contribution in [2.24, 2.45) is 0 Å². The minimum absolute atomic E-state index is 0.358. The molecule has 15 heavy (non-hydrogen) atoms. The molecule has 1 spiro atoms. The average Bonchev–Trinajstić information content (AvgIpc) is 2.54. The van der Waals surface area contributed by atoms with Crippen molar-refractivity contribution in [2.75, 3.05) is 0 Å². The molecule has 3 heteroatoms. The first kappa shape index (κ1) is 10.4. The topological polar surface area (TPSA) is 3.24 Å². The number of allylic oxidation sites excluding steroid dienone is 2. The van der Waals surface area contributed by atoms with E-state index in [4.69, 9.17) is 12.8 Å². The van der Waals surface area contributed by atoms with Crippen LogP contribution in [-0.2, 0) is 0 Å². The van der Waals surface area contributed by atoms with Crippen LogP contribution in [0.2, 0.25) is 0 Å². The fraction of sp³-hybridized carbons (Fsp3) is 0.833.